The number of benzene rings is 1. The average Bonchev–Trinajstić information content (AvgIpc) is 3.07. The fraction of sp³-hybridized carbons (Fsp3) is 0.550. The molecule has 144 valence electrons. The minimum atomic E-state index is -0.274. The van der Waals surface area contributed by atoms with Gasteiger partial charge in [-0.25, -0.2) is 9.07 Å². The van der Waals surface area contributed by atoms with Crippen molar-refractivity contribution in [2.45, 2.75) is 70.2 Å². The summed E-state index contributed by atoms with van der Waals surface area (Å²) >= 11 is 0. The van der Waals surface area contributed by atoms with Crippen molar-refractivity contribution < 1.29 is 13.9 Å². The van der Waals surface area contributed by atoms with Crippen molar-refractivity contribution in [2.24, 2.45) is 0 Å². The van der Waals surface area contributed by atoms with E-state index in [2.05, 4.69) is 15.6 Å². The molecule has 1 aromatic carbocycles. The maximum absolute atomic E-state index is 13.1. The Balaban J connectivity index is 1.43. The zero-order chi connectivity index (χ0) is 18.6. The first-order valence-electron chi connectivity index (χ1n) is 9.81. The molecule has 0 unspecified atom stereocenters. The van der Waals surface area contributed by atoms with Crippen LogP contribution in [0, 0.1) is 5.82 Å². The highest BCUT2D eigenvalue weighted by atomic mass is 19.1. The van der Waals surface area contributed by atoms with Gasteiger partial charge in [-0.15, -0.1) is 5.10 Å². The Morgan fingerprint density at radius 1 is 1.11 bits per heavy atom. The number of amides is 1. The lowest BCUT2D eigenvalue weighted by molar-refractivity contribution is -0.00181. The molecule has 27 heavy (non-hydrogen) atoms. The summed E-state index contributed by atoms with van der Waals surface area (Å²) in [6.45, 7) is 0.729. The Morgan fingerprint density at radius 2 is 1.81 bits per heavy atom. The van der Waals surface area contributed by atoms with Crippen LogP contribution in [0.1, 0.15) is 72.8 Å². The number of aromatic nitrogens is 3. The highest BCUT2D eigenvalue weighted by Crippen LogP contribution is 2.27. The minimum Gasteiger partial charge on any atom is -0.365 e. The summed E-state index contributed by atoms with van der Waals surface area (Å²) < 4.78 is 20.7. The van der Waals surface area contributed by atoms with Crippen molar-refractivity contribution in [3.63, 3.8) is 0 Å². The van der Waals surface area contributed by atoms with E-state index in [4.69, 9.17) is 4.74 Å². The molecule has 7 heteroatoms. The summed E-state index contributed by atoms with van der Waals surface area (Å²) in [7, 11) is 0. The number of carbonyl (C=O) groups is 1. The van der Waals surface area contributed by atoms with E-state index in [-0.39, 0.29) is 30.5 Å². The quantitative estimate of drug-likeness (QED) is 0.895. The number of halogens is 1. The first-order chi connectivity index (χ1) is 13.2. The van der Waals surface area contributed by atoms with Gasteiger partial charge in [-0.2, -0.15) is 0 Å². The molecule has 1 N–H and O–H groups in total. The summed E-state index contributed by atoms with van der Waals surface area (Å²) in [5, 5.41) is 11.4. The molecular weight excluding hydrogens is 347 g/mol. The molecule has 4 rings (SSSR count). The number of rotatable bonds is 3. The van der Waals surface area contributed by atoms with Gasteiger partial charge >= 0.3 is 0 Å². The van der Waals surface area contributed by atoms with Gasteiger partial charge in [-0.05, 0) is 30.5 Å². The number of hydrogen-bond donors (Lipinski definition) is 1. The molecule has 0 bridgehead atoms. The summed E-state index contributed by atoms with van der Waals surface area (Å²) in [4.78, 5) is 12.7. The van der Waals surface area contributed by atoms with Gasteiger partial charge in [0.05, 0.1) is 18.8 Å². The normalized spacial score (nSPS) is 21.1. The molecule has 1 saturated carbocycles. The smallest absolute Gasteiger partial charge is 0.274 e. The molecular formula is C20H25FN4O2. The second kappa shape index (κ2) is 8.17. The third-order valence-electron chi connectivity index (χ3n) is 5.49. The van der Waals surface area contributed by atoms with Crippen LogP contribution < -0.4 is 5.32 Å². The zero-order valence-electron chi connectivity index (χ0n) is 15.4. The highest BCUT2D eigenvalue weighted by Gasteiger charge is 2.28. The SMILES string of the molecule is O=C(NC1CCCCCCC1)c1nnn2c1CO[C@H](c1ccc(F)cc1)C2. The van der Waals surface area contributed by atoms with Crippen LogP contribution in [0.5, 0.6) is 0 Å². The third kappa shape index (κ3) is 4.18. The topological polar surface area (TPSA) is 69.0 Å². The van der Waals surface area contributed by atoms with E-state index in [1.165, 1.54) is 31.4 Å². The fourth-order valence-corrected chi connectivity index (χ4v) is 3.92. The molecule has 0 saturated heterocycles. The van der Waals surface area contributed by atoms with Gasteiger partial charge in [0.1, 0.15) is 11.9 Å². The van der Waals surface area contributed by atoms with E-state index >= 15 is 0 Å². The van der Waals surface area contributed by atoms with Crippen molar-refractivity contribution in [3.8, 4) is 0 Å². The predicted molar refractivity (Wildman–Crippen MR) is 97.5 cm³/mol. The number of carbonyl (C=O) groups excluding carboxylic acids is 1. The first-order valence-corrected chi connectivity index (χ1v) is 9.81. The molecule has 1 aliphatic heterocycles. The average molecular weight is 372 g/mol. The second-order valence-corrected chi connectivity index (χ2v) is 7.43. The van der Waals surface area contributed by atoms with Crippen LogP contribution >= 0.6 is 0 Å². The van der Waals surface area contributed by atoms with Gasteiger partial charge < -0.3 is 10.1 Å². The molecule has 2 aliphatic rings. The van der Waals surface area contributed by atoms with Crippen LogP contribution in [0.25, 0.3) is 0 Å². The number of nitrogens with zero attached hydrogens (tertiary/aromatic N) is 3. The molecule has 1 amide bonds. The lowest BCUT2D eigenvalue weighted by Crippen LogP contribution is -2.36. The molecule has 2 heterocycles. The lowest BCUT2D eigenvalue weighted by atomic mass is 9.96. The Labute approximate surface area is 158 Å². The fourth-order valence-electron chi connectivity index (χ4n) is 3.92. The lowest BCUT2D eigenvalue weighted by Gasteiger charge is -2.25. The van der Waals surface area contributed by atoms with E-state index in [0.29, 0.717) is 17.9 Å². The molecule has 0 radical (unpaired) electrons. The molecule has 0 spiro atoms. The molecule has 6 nitrogen and oxygen atoms in total. The van der Waals surface area contributed by atoms with E-state index in [1.54, 1.807) is 16.8 Å². The summed E-state index contributed by atoms with van der Waals surface area (Å²) in [5.74, 6) is -0.435. The van der Waals surface area contributed by atoms with E-state index < -0.39 is 0 Å². The largest absolute Gasteiger partial charge is 0.365 e. The second-order valence-electron chi connectivity index (χ2n) is 7.43. The van der Waals surface area contributed by atoms with E-state index in [1.807, 2.05) is 0 Å². The Morgan fingerprint density at radius 3 is 2.56 bits per heavy atom. The standard InChI is InChI=1S/C20H25FN4O2/c21-15-10-8-14(9-11-15)18-12-25-17(13-27-18)19(23-24-25)20(26)22-16-6-4-2-1-3-5-7-16/h8-11,16,18H,1-7,12-13H2,(H,22,26)/t18-/m0/s1. The summed E-state index contributed by atoms with van der Waals surface area (Å²) in [6.07, 6.45) is 7.93. The monoisotopic (exact) mass is 372 g/mol. The summed E-state index contributed by atoms with van der Waals surface area (Å²) in [5.41, 5.74) is 1.95. The zero-order valence-corrected chi connectivity index (χ0v) is 15.4. The van der Waals surface area contributed by atoms with Crippen molar-refractivity contribution in [1.29, 1.82) is 0 Å². The van der Waals surface area contributed by atoms with Gasteiger partial charge in [0.25, 0.3) is 5.91 Å². The van der Waals surface area contributed by atoms with Crippen molar-refractivity contribution in [1.82, 2.24) is 20.3 Å². The molecule has 1 fully saturated rings. The third-order valence-corrected chi connectivity index (χ3v) is 5.49. The van der Waals surface area contributed by atoms with Crippen molar-refractivity contribution in [2.75, 3.05) is 0 Å². The predicted octanol–water partition coefficient (Wildman–Crippen LogP) is 3.53. The maximum atomic E-state index is 13.1. The van der Waals surface area contributed by atoms with Gasteiger partial charge in [-0.3, -0.25) is 4.79 Å². The maximum Gasteiger partial charge on any atom is 0.274 e. The molecule has 2 aromatic rings. The minimum absolute atomic E-state index is 0.161. The molecule has 1 atom stereocenters. The number of nitrogens with one attached hydrogen (secondary N) is 1. The van der Waals surface area contributed by atoms with Crippen LogP contribution in [0.3, 0.4) is 0 Å². The number of hydrogen-bond acceptors (Lipinski definition) is 4. The summed E-state index contributed by atoms with van der Waals surface area (Å²) in [6, 6.07) is 6.48. The van der Waals surface area contributed by atoms with Crippen molar-refractivity contribution >= 4 is 5.91 Å². The Bertz CT molecular complexity index is 782. The van der Waals surface area contributed by atoms with Crippen LogP contribution in [0.2, 0.25) is 0 Å². The van der Waals surface area contributed by atoms with E-state index in [0.717, 1.165) is 31.2 Å². The number of ether oxygens (including phenoxy) is 1. The number of fused-ring (bicyclic) bond motifs is 1. The van der Waals surface area contributed by atoms with Crippen LogP contribution in [-0.2, 0) is 17.9 Å². The van der Waals surface area contributed by atoms with Crippen molar-refractivity contribution in [3.05, 3.63) is 47.0 Å². The van der Waals surface area contributed by atoms with Crippen LogP contribution in [0.4, 0.5) is 4.39 Å². The molecule has 1 aliphatic carbocycles. The Hall–Kier alpha value is -2.28. The van der Waals surface area contributed by atoms with Gasteiger partial charge in [0.15, 0.2) is 5.69 Å². The molecule has 1 aromatic heterocycles. The first kappa shape index (κ1) is 18.1. The van der Waals surface area contributed by atoms with Crippen LogP contribution in [-0.4, -0.2) is 26.9 Å². The Kier molecular flexibility index (Phi) is 5.48. The van der Waals surface area contributed by atoms with Gasteiger partial charge in [0, 0.05) is 6.04 Å². The highest BCUT2D eigenvalue weighted by molar-refractivity contribution is 5.93. The van der Waals surface area contributed by atoms with Gasteiger partial charge in [0.2, 0.25) is 0 Å². The van der Waals surface area contributed by atoms with Gasteiger partial charge in [-0.1, -0.05) is 49.5 Å². The van der Waals surface area contributed by atoms with E-state index in [9.17, 15) is 9.18 Å². The van der Waals surface area contributed by atoms with Crippen LogP contribution in [0.15, 0.2) is 24.3 Å².